The van der Waals surface area contributed by atoms with Crippen molar-refractivity contribution in [2.75, 3.05) is 32.0 Å². The zero-order valence-electron chi connectivity index (χ0n) is 19.2. The molecule has 1 aromatic heterocycles. The van der Waals surface area contributed by atoms with Gasteiger partial charge in [-0.05, 0) is 91.0 Å². The van der Waals surface area contributed by atoms with Gasteiger partial charge in [0.2, 0.25) is 0 Å². The number of likely N-dealkylation sites (tertiary alicyclic amines) is 1. The lowest BCUT2D eigenvalue weighted by Gasteiger charge is -2.23. The maximum Gasteiger partial charge on any atom is 0.261 e. The van der Waals surface area contributed by atoms with E-state index in [4.69, 9.17) is 0 Å². The molecule has 1 saturated heterocycles. The highest BCUT2D eigenvalue weighted by Gasteiger charge is 2.34. The van der Waals surface area contributed by atoms with Crippen molar-refractivity contribution in [3.63, 3.8) is 0 Å². The number of benzene rings is 1. The van der Waals surface area contributed by atoms with Crippen LogP contribution in [0.5, 0.6) is 0 Å². The van der Waals surface area contributed by atoms with E-state index in [1.807, 2.05) is 0 Å². The molecule has 4 rings (SSSR count). The Balaban J connectivity index is 1.64. The molecule has 0 spiro atoms. The summed E-state index contributed by atoms with van der Waals surface area (Å²) in [6.07, 6.45) is 3.80. The van der Waals surface area contributed by atoms with Crippen LogP contribution < -0.4 is 16.0 Å². The number of thiophene rings is 1. The molecule has 9 heteroatoms. The van der Waals surface area contributed by atoms with E-state index >= 15 is 0 Å². The molecular formula is C24H30FIN4O2S. The third-order valence-electron chi connectivity index (χ3n) is 6.44. The minimum Gasteiger partial charge on any atom is -0.352 e. The van der Waals surface area contributed by atoms with E-state index in [-0.39, 0.29) is 22.9 Å². The summed E-state index contributed by atoms with van der Waals surface area (Å²) < 4.78 is 15.4. The molecule has 2 amide bonds. The summed E-state index contributed by atoms with van der Waals surface area (Å²) >= 11 is 3.28. The van der Waals surface area contributed by atoms with Gasteiger partial charge in [0.15, 0.2) is 0 Å². The molecule has 1 fully saturated rings. The molecule has 0 aliphatic carbocycles. The Labute approximate surface area is 211 Å². The van der Waals surface area contributed by atoms with Crippen LogP contribution in [0.3, 0.4) is 0 Å². The first-order chi connectivity index (χ1) is 15.6. The molecule has 3 heterocycles. The molecule has 33 heavy (non-hydrogen) atoms. The van der Waals surface area contributed by atoms with Crippen LogP contribution in [0.1, 0.15) is 58.7 Å². The number of nitrogens with zero attached hydrogens (tertiary/aromatic N) is 1. The number of carbonyl (C=O) groups is 2. The second-order valence-corrected chi connectivity index (χ2v) is 12.0. The lowest BCUT2D eigenvalue weighted by atomic mass is 9.85. The summed E-state index contributed by atoms with van der Waals surface area (Å²) in [6, 6.07) is 5.38. The average Bonchev–Trinajstić information content (AvgIpc) is 3.28. The Bertz CT molecular complexity index is 1070. The lowest BCUT2D eigenvalue weighted by Crippen LogP contribution is -2.33. The maximum absolute atomic E-state index is 14.6. The van der Waals surface area contributed by atoms with Gasteiger partial charge < -0.3 is 20.9 Å². The molecule has 0 saturated carbocycles. The van der Waals surface area contributed by atoms with Gasteiger partial charge in [-0.2, -0.15) is 0 Å². The van der Waals surface area contributed by atoms with Crippen LogP contribution in [0, 0.1) is 14.8 Å². The molecule has 2 aromatic rings. The quantitative estimate of drug-likeness (QED) is 0.429. The second kappa shape index (κ2) is 9.87. The van der Waals surface area contributed by atoms with Crippen LogP contribution >= 0.6 is 33.9 Å². The van der Waals surface area contributed by atoms with Crippen LogP contribution in [0.15, 0.2) is 18.2 Å². The zero-order chi connectivity index (χ0) is 23.8. The summed E-state index contributed by atoms with van der Waals surface area (Å²) in [4.78, 5) is 29.1. The number of rotatable bonds is 6. The number of halogens is 2. The predicted molar refractivity (Wildman–Crippen MR) is 139 cm³/mol. The van der Waals surface area contributed by atoms with Crippen LogP contribution in [-0.2, 0) is 6.42 Å². The monoisotopic (exact) mass is 584 g/mol. The first-order valence-corrected chi connectivity index (χ1v) is 13.2. The number of fused-ring (bicyclic) bond motifs is 1. The SMILES string of the molecule is CN1CCCC1CCNC(=O)c1c(Nc2ccc(I)cc2F)sc2c1CC(C)(C)CNC2=O. The molecule has 0 radical (unpaired) electrons. The topological polar surface area (TPSA) is 73.5 Å². The van der Waals surface area contributed by atoms with Gasteiger partial charge >= 0.3 is 0 Å². The smallest absolute Gasteiger partial charge is 0.261 e. The fraction of sp³-hybridized carbons (Fsp3) is 0.500. The summed E-state index contributed by atoms with van der Waals surface area (Å²) in [6.45, 7) is 6.34. The first-order valence-electron chi connectivity index (χ1n) is 11.3. The van der Waals surface area contributed by atoms with Gasteiger partial charge in [0.25, 0.3) is 11.8 Å². The fourth-order valence-electron chi connectivity index (χ4n) is 4.58. The van der Waals surface area contributed by atoms with Gasteiger partial charge in [-0.15, -0.1) is 11.3 Å². The van der Waals surface area contributed by atoms with E-state index in [1.165, 1.54) is 23.8 Å². The summed E-state index contributed by atoms with van der Waals surface area (Å²) in [7, 11) is 2.12. The minimum atomic E-state index is -0.397. The molecule has 1 atom stereocenters. The normalized spacial score (nSPS) is 20.2. The van der Waals surface area contributed by atoms with Gasteiger partial charge in [0, 0.05) is 22.7 Å². The highest BCUT2D eigenvalue weighted by Crippen LogP contribution is 2.40. The molecule has 6 nitrogen and oxygen atoms in total. The summed E-state index contributed by atoms with van der Waals surface area (Å²) in [5.41, 5.74) is 1.28. The van der Waals surface area contributed by atoms with Crippen LogP contribution in [0.25, 0.3) is 0 Å². The number of anilines is 2. The number of amides is 2. The van der Waals surface area contributed by atoms with Gasteiger partial charge in [0.05, 0.1) is 16.1 Å². The van der Waals surface area contributed by atoms with Crippen molar-refractivity contribution >= 4 is 56.4 Å². The molecule has 1 aromatic carbocycles. The van der Waals surface area contributed by atoms with E-state index in [1.54, 1.807) is 12.1 Å². The van der Waals surface area contributed by atoms with Gasteiger partial charge in [-0.25, -0.2) is 4.39 Å². The highest BCUT2D eigenvalue weighted by molar-refractivity contribution is 14.1. The van der Waals surface area contributed by atoms with Crippen molar-refractivity contribution in [2.24, 2.45) is 5.41 Å². The van der Waals surface area contributed by atoms with Crippen molar-refractivity contribution < 1.29 is 14.0 Å². The van der Waals surface area contributed by atoms with Gasteiger partial charge in [-0.3, -0.25) is 9.59 Å². The lowest BCUT2D eigenvalue weighted by molar-refractivity contribution is 0.0944. The van der Waals surface area contributed by atoms with E-state index in [0.29, 0.717) is 41.0 Å². The van der Waals surface area contributed by atoms with E-state index in [2.05, 4.69) is 64.3 Å². The molecule has 3 N–H and O–H groups in total. The Hall–Kier alpha value is -1.72. The van der Waals surface area contributed by atoms with E-state index in [0.717, 1.165) is 28.5 Å². The third kappa shape index (κ3) is 5.51. The van der Waals surface area contributed by atoms with Crippen LogP contribution in [0.4, 0.5) is 15.1 Å². The number of carbonyl (C=O) groups excluding carboxylic acids is 2. The van der Waals surface area contributed by atoms with Crippen molar-refractivity contribution in [3.8, 4) is 0 Å². The number of hydrogen-bond acceptors (Lipinski definition) is 5. The minimum absolute atomic E-state index is 0.182. The van der Waals surface area contributed by atoms with Crippen LogP contribution in [-0.4, -0.2) is 49.4 Å². The third-order valence-corrected chi connectivity index (χ3v) is 8.25. The number of hydrogen-bond donors (Lipinski definition) is 3. The highest BCUT2D eigenvalue weighted by atomic mass is 127. The first kappa shape index (κ1) is 24.4. The summed E-state index contributed by atoms with van der Waals surface area (Å²) in [5, 5.41) is 9.65. The van der Waals surface area contributed by atoms with Gasteiger partial charge in [0.1, 0.15) is 10.8 Å². The van der Waals surface area contributed by atoms with Gasteiger partial charge in [-0.1, -0.05) is 13.8 Å². The Morgan fingerprint density at radius 3 is 2.88 bits per heavy atom. The van der Waals surface area contributed by atoms with Crippen molar-refractivity contribution in [2.45, 2.75) is 45.6 Å². The van der Waals surface area contributed by atoms with Crippen molar-refractivity contribution in [3.05, 3.63) is 43.6 Å². The molecule has 178 valence electrons. The molecule has 2 aliphatic rings. The standard InChI is InChI=1S/C24H30FIN4O2S/c1-24(2)12-16-19(21(31)27-9-8-15-5-4-10-30(15)3)23(33-20(16)22(32)28-13-24)29-18-7-6-14(26)11-17(18)25/h6-7,11,15,29H,4-5,8-10,12-13H2,1-3H3,(H,27,31)(H,28,32). The zero-order valence-corrected chi connectivity index (χ0v) is 22.2. The van der Waals surface area contributed by atoms with Crippen molar-refractivity contribution in [1.82, 2.24) is 15.5 Å². The van der Waals surface area contributed by atoms with E-state index in [9.17, 15) is 14.0 Å². The fourth-order valence-corrected chi connectivity index (χ4v) is 6.18. The Morgan fingerprint density at radius 1 is 1.39 bits per heavy atom. The molecule has 1 unspecified atom stereocenters. The number of nitrogens with one attached hydrogen (secondary N) is 3. The molecular weight excluding hydrogens is 554 g/mol. The average molecular weight is 584 g/mol. The Kier molecular flexibility index (Phi) is 7.30. The van der Waals surface area contributed by atoms with E-state index < -0.39 is 5.82 Å². The largest absolute Gasteiger partial charge is 0.352 e. The van der Waals surface area contributed by atoms with Crippen molar-refractivity contribution in [1.29, 1.82) is 0 Å². The second-order valence-electron chi connectivity index (χ2n) is 9.71. The molecule has 2 aliphatic heterocycles. The van der Waals surface area contributed by atoms with Crippen LogP contribution in [0.2, 0.25) is 0 Å². The maximum atomic E-state index is 14.6. The predicted octanol–water partition coefficient (Wildman–Crippen LogP) is 4.76. The molecule has 0 bridgehead atoms. The summed E-state index contributed by atoms with van der Waals surface area (Å²) in [5.74, 6) is -0.795. The Morgan fingerprint density at radius 2 is 2.18 bits per heavy atom.